The number of nitrogens with zero attached hydrogens (tertiary/aromatic N) is 3. The van der Waals surface area contributed by atoms with Crippen molar-refractivity contribution >= 4 is 32.4 Å². The van der Waals surface area contributed by atoms with Crippen LogP contribution in [0.25, 0.3) is 0 Å². The van der Waals surface area contributed by atoms with E-state index in [0.29, 0.717) is 10.8 Å². The lowest BCUT2D eigenvalue weighted by atomic mass is 10.1. The van der Waals surface area contributed by atoms with Crippen molar-refractivity contribution in [3.63, 3.8) is 0 Å². The van der Waals surface area contributed by atoms with Gasteiger partial charge in [-0.05, 0) is 41.8 Å². The maximum absolute atomic E-state index is 13.6. The summed E-state index contributed by atoms with van der Waals surface area (Å²) >= 11 is 1.27. The molecule has 3 aromatic rings. The zero-order chi connectivity index (χ0) is 28.9. The fraction of sp³-hybridized carbons (Fsp3) is 0.385. The second-order valence-electron chi connectivity index (χ2n) is 9.16. The average Bonchev–Trinajstić information content (AvgIpc) is 3.41. The van der Waals surface area contributed by atoms with E-state index in [1.807, 2.05) is 24.3 Å². The Bertz CT molecular complexity index is 1400. The number of alkyl halides is 3. The Morgan fingerprint density at radius 3 is 2.40 bits per heavy atom. The minimum absolute atomic E-state index is 0.00580. The highest BCUT2D eigenvalue weighted by Crippen LogP contribution is 2.29. The summed E-state index contributed by atoms with van der Waals surface area (Å²) in [7, 11) is -4.26. The number of sulfonamides is 1. The van der Waals surface area contributed by atoms with Crippen LogP contribution in [0, 0.1) is 0 Å². The van der Waals surface area contributed by atoms with E-state index in [2.05, 4.69) is 22.0 Å². The highest BCUT2D eigenvalue weighted by Gasteiger charge is 2.41. The normalized spacial score (nSPS) is 16.6. The maximum atomic E-state index is 13.6. The summed E-state index contributed by atoms with van der Waals surface area (Å²) in [4.78, 5) is 19.3. The van der Waals surface area contributed by atoms with Gasteiger partial charge in [0.1, 0.15) is 11.8 Å². The Hall–Kier alpha value is -3.20. The molecule has 0 spiro atoms. The number of carbonyl (C=O) groups is 1. The summed E-state index contributed by atoms with van der Waals surface area (Å²) in [6.45, 7) is 2.16. The number of halogens is 3. The summed E-state index contributed by atoms with van der Waals surface area (Å²) < 4.78 is 69.7. The molecule has 40 heavy (non-hydrogen) atoms. The van der Waals surface area contributed by atoms with Gasteiger partial charge in [0.25, 0.3) is 0 Å². The number of aliphatic hydroxyl groups is 1. The summed E-state index contributed by atoms with van der Waals surface area (Å²) in [5.41, 5.74) is 2.49. The van der Waals surface area contributed by atoms with E-state index in [9.17, 15) is 31.5 Å². The molecule has 4 rings (SSSR count). The summed E-state index contributed by atoms with van der Waals surface area (Å²) in [5.74, 6) is -1.08. The predicted molar refractivity (Wildman–Crippen MR) is 143 cm³/mol. The standard InChI is InChI=1S/C26H29F3N4O5S2/c1-2-3-18-4-6-19(7-5-18)14-30-24(35)23-15-32(25-31-20(16-34)17-39-25)12-13-33(23)40(36,37)22-10-8-21(9-11-22)38-26(27,28)29/h4-11,17,23,34H,2-3,12-16H2,1H3,(H,30,35)/t23-/m1/s1. The largest absolute Gasteiger partial charge is 0.573 e. The van der Waals surface area contributed by atoms with Crippen LogP contribution in [0.3, 0.4) is 0 Å². The van der Waals surface area contributed by atoms with Gasteiger partial charge in [-0.1, -0.05) is 37.6 Å². The summed E-state index contributed by atoms with van der Waals surface area (Å²) in [6, 6.07) is 10.5. The number of ether oxygens (including phenoxy) is 1. The van der Waals surface area contributed by atoms with Crippen molar-refractivity contribution in [2.24, 2.45) is 0 Å². The molecule has 1 fully saturated rings. The first-order chi connectivity index (χ1) is 19.0. The number of aliphatic hydroxyl groups excluding tert-OH is 1. The van der Waals surface area contributed by atoms with Gasteiger partial charge < -0.3 is 20.1 Å². The third-order valence-corrected chi connectivity index (χ3v) is 9.17. The Kier molecular flexibility index (Phi) is 9.33. The van der Waals surface area contributed by atoms with Crippen molar-refractivity contribution in [3.05, 3.63) is 70.7 Å². The van der Waals surface area contributed by atoms with Crippen LogP contribution in [0.5, 0.6) is 5.75 Å². The molecule has 216 valence electrons. The van der Waals surface area contributed by atoms with E-state index < -0.39 is 34.1 Å². The van der Waals surface area contributed by atoms with Gasteiger partial charge in [0, 0.05) is 31.6 Å². The van der Waals surface area contributed by atoms with Crippen molar-refractivity contribution in [1.82, 2.24) is 14.6 Å². The van der Waals surface area contributed by atoms with Crippen LogP contribution in [0.4, 0.5) is 18.3 Å². The topological polar surface area (TPSA) is 112 Å². The number of hydrogen-bond acceptors (Lipinski definition) is 8. The third kappa shape index (κ3) is 7.30. The number of aromatic nitrogens is 1. The first-order valence-corrected chi connectivity index (χ1v) is 14.9. The van der Waals surface area contributed by atoms with Crippen LogP contribution >= 0.6 is 11.3 Å². The zero-order valence-electron chi connectivity index (χ0n) is 21.6. The van der Waals surface area contributed by atoms with Crippen LogP contribution in [0.2, 0.25) is 0 Å². The number of thiazole rings is 1. The Labute approximate surface area is 234 Å². The smallest absolute Gasteiger partial charge is 0.406 e. The molecule has 1 amide bonds. The first-order valence-electron chi connectivity index (χ1n) is 12.5. The molecular formula is C26H29F3N4O5S2. The van der Waals surface area contributed by atoms with Crippen LogP contribution in [0.15, 0.2) is 58.8 Å². The molecule has 0 radical (unpaired) electrons. The minimum Gasteiger partial charge on any atom is -0.406 e. The van der Waals surface area contributed by atoms with Crippen LogP contribution in [-0.2, 0) is 34.4 Å². The minimum atomic E-state index is -4.91. The van der Waals surface area contributed by atoms with Gasteiger partial charge in [-0.25, -0.2) is 13.4 Å². The predicted octanol–water partition coefficient (Wildman–Crippen LogP) is 3.68. The molecule has 1 atom stereocenters. The Morgan fingerprint density at radius 1 is 1.12 bits per heavy atom. The van der Waals surface area contributed by atoms with E-state index in [-0.39, 0.29) is 37.7 Å². The summed E-state index contributed by atoms with van der Waals surface area (Å²) in [6.07, 6.45) is -2.97. The lowest BCUT2D eigenvalue weighted by molar-refractivity contribution is -0.274. The second kappa shape index (κ2) is 12.5. The van der Waals surface area contributed by atoms with Crippen molar-refractivity contribution in [2.75, 3.05) is 24.5 Å². The van der Waals surface area contributed by atoms with Crippen molar-refractivity contribution in [2.45, 2.75) is 50.2 Å². The van der Waals surface area contributed by atoms with E-state index in [1.54, 1.807) is 10.3 Å². The molecule has 0 unspecified atom stereocenters. The van der Waals surface area contributed by atoms with Crippen LogP contribution in [-0.4, -0.2) is 60.8 Å². The fourth-order valence-corrected chi connectivity index (χ4v) is 6.75. The van der Waals surface area contributed by atoms with Gasteiger partial charge in [0.2, 0.25) is 15.9 Å². The number of benzene rings is 2. The second-order valence-corrected chi connectivity index (χ2v) is 11.9. The third-order valence-electron chi connectivity index (χ3n) is 6.30. The zero-order valence-corrected chi connectivity index (χ0v) is 23.2. The number of aryl methyl sites for hydroxylation is 1. The van der Waals surface area contributed by atoms with Gasteiger partial charge in [-0.15, -0.1) is 24.5 Å². The molecule has 1 aliphatic heterocycles. The van der Waals surface area contributed by atoms with Gasteiger partial charge in [-0.2, -0.15) is 4.31 Å². The highest BCUT2D eigenvalue weighted by molar-refractivity contribution is 7.89. The number of carbonyl (C=O) groups excluding carboxylic acids is 1. The molecule has 2 heterocycles. The average molecular weight is 599 g/mol. The van der Waals surface area contributed by atoms with Gasteiger partial charge in [0.15, 0.2) is 5.13 Å². The molecule has 0 saturated carbocycles. The molecule has 1 aromatic heterocycles. The molecule has 1 saturated heterocycles. The number of piperazine rings is 1. The number of anilines is 1. The molecule has 14 heteroatoms. The maximum Gasteiger partial charge on any atom is 0.573 e. The monoisotopic (exact) mass is 598 g/mol. The van der Waals surface area contributed by atoms with Gasteiger partial charge >= 0.3 is 6.36 Å². The highest BCUT2D eigenvalue weighted by atomic mass is 32.2. The lowest BCUT2D eigenvalue weighted by Crippen LogP contribution is -2.60. The molecule has 2 aromatic carbocycles. The number of amides is 1. The van der Waals surface area contributed by atoms with E-state index in [4.69, 9.17) is 0 Å². The Morgan fingerprint density at radius 2 is 1.80 bits per heavy atom. The first kappa shape index (κ1) is 29.8. The molecule has 0 bridgehead atoms. The fourth-order valence-electron chi connectivity index (χ4n) is 4.32. The van der Waals surface area contributed by atoms with Gasteiger partial charge in [0.05, 0.1) is 17.2 Å². The molecule has 0 aliphatic carbocycles. The SMILES string of the molecule is CCCc1ccc(CNC(=O)[C@H]2CN(c3nc(CO)cs3)CCN2S(=O)(=O)c2ccc(OC(F)(F)F)cc2)cc1. The quantitative estimate of drug-likeness (QED) is 0.366. The molecule has 1 aliphatic rings. The van der Waals surface area contributed by atoms with Crippen LogP contribution < -0.4 is 15.0 Å². The van der Waals surface area contributed by atoms with Gasteiger partial charge in [-0.3, -0.25) is 4.79 Å². The van der Waals surface area contributed by atoms with Crippen molar-refractivity contribution in [3.8, 4) is 5.75 Å². The van der Waals surface area contributed by atoms with Crippen LogP contribution in [0.1, 0.15) is 30.2 Å². The van der Waals surface area contributed by atoms with E-state index in [0.717, 1.165) is 47.0 Å². The number of nitrogens with one attached hydrogen (secondary N) is 1. The molecule has 2 N–H and O–H groups in total. The van der Waals surface area contributed by atoms with Crippen molar-refractivity contribution in [1.29, 1.82) is 0 Å². The molecule has 9 nitrogen and oxygen atoms in total. The molecular weight excluding hydrogens is 569 g/mol. The number of hydrogen-bond donors (Lipinski definition) is 2. The van der Waals surface area contributed by atoms with Crippen molar-refractivity contribution < 1.29 is 36.2 Å². The summed E-state index contributed by atoms with van der Waals surface area (Å²) in [5, 5.41) is 14.4. The Balaban J connectivity index is 1.55. The lowest BCUT2D eigenvalue weighted by Gasteiger charge is -2.39. The number of rotatable bonds is 10. The van der Waals surface area contributed by atoms with E-state index >= 15 is 0 Å². The van der Waals surface area contributed by atoms with E-state index in [1.165, 1.54) is 16.9 Å².